The Morgan fingerprint density at radius 2 is 2.62 bits per heavy atom. The molecule has 1 aromatic heterocycles. The van der Waals surface area contributed by atoms with Crippen LogP contribution in [0.15, 0.2) is 6.07 Å². The average molecular weight is 180 g/mol. The highest BCUT2D eigenvalue weighted by Gasteiger charge is 2.17. The van der Waals surface area contributed by atoms with Crippen molar-refractivity contribution in [3.05, 3.63) is 11.8 Å². The highest BCUT2D eigenvalue weighted by atomic mass is 16.1. The predicted octanol–water partition coefficient (Wildman–Crippen LogP) is 0.186. The van der Waals surface area contributed by atoms with E-state index in [1.807, 2.05) is 0 Å². The van der Waals surface area contributed by atoms with Crippen molar-refractivity contribution < 1.29 is 4.79 Å². The molecule has 1 aromatic rings. The Kier molecular flexibility index (Phi) is 1.72. The Hall–Kier alpha value is -1.52. The molecule has 5 heteroatoms. The van der Waals surface area contributed by atoms with Gasteiger partial charge in [0.2, 0.25) is 0 Å². The lowest BCUT2D eigenvalue weighted by Crippen LogP contribution is -2.25. The van der Waals surface area contributed by atoms with Gasteiger partial charge in [0, 0.05) is 18.7 Å². The number of hydrogen-bond acceptors (Lipinski definition) is 3. The molecule has 2 heterocycles. The van der Waals surface area contributed by atoms with Crippen LogP contribution < -0.4 is 11.1 Å². The summed E-state index contributed by atoms with van der Waals surface area (Å²) in [6.45, 7) is 2.94. The lowest BCUT2D eigenvalue weighted by Gasteiger charge is -2.21. The normalized spacial score (nSPS) is 20.5. The smallest absolute Gasteiger partial charge is 0.269 e. The summed E-state index contributed by atoms with van der Waals surface area (Å²) in [7, 11) is 0. The van der Waals surface area contributed by atoms with E-state index in [0.29, 0.717) is 11.7 Å². The molecular weight excluding hydrogens is 168 g/mol. The first-order valence-corrected chi connectivity index (χ1v) is 4.31. The zero-order chi connectivity index (χ0) is 9.42. The molecule has 2 rings (SSSR count). The van der Waals surface area contributed by atoms with Gasteiger partial charge in [0.1, 0.15) is 5.82 Å². The summed E-state index contributed by atoms with van der Waals surface area (Å²) in [6.07, 6.45) is 1.02. The Bertz CT molecular complexity index is 344. The monoisotopic (exact) mass is 180 g/mol. The summed E-state index contributed by atoms with van der Waals surface area (Å²) >= 11 is 0. The number of nitrogens with one attached hydrogen (secondary N) is 1. The van der Waals surface area contributed by atoms with Crippen molar-refractivity contribution in [3.8, 4) is 0 Å². The van der Waals surface area contributed by atoms with Gasteiger partial charge in [-0.15, -0.1) is 0 Å². The zero-order valence-electron chi connectivity index (χ0n) is 7.45. The number of amides is 1. The van der Waals surface area contributed by atoms with Gasteiger partial charge in [-0.2, -0.15) is 5.10 Å². The number of carbonyl (C=O) groups is 1. The zero-order valence-corrected chi connectivity index (χ0v) is 7.45. The van der Waals surface area contributed by atoms with Crippen molar-refractivity contribution in [1.82, 2.24) is 9.78 Å². The highest BCUT2D eigenvalue weighted by Crippen LogP contribution is 2.18. The van der Waals surface area contributed by atoms with Gasteiger partial charge < -0.3 is 11.1 Å². The van der Waals surface area contributed by atoms with E-state index in [4.69, 9.17) is 5.73 Å². The van der Waals surface area contributed by atoms with Crippen LogP contribution >= 0.6 is 0 Å². The van der Waals surface area contributed by atoms with Gasteiger partial charge in [-0.25, -0.2) is 4.68 Å². The van der Waals surface area contributed by atoms with Crippen molar-refractivity contribution in [2.75, 3.05) is 5.32 Å². The maximum absolute atomic E-state index is 10.8. The second-order valence-corrected chi connectivity index (χ2v) is 3.34. The van der Waals surface area contributed by atoms with E-state index in [-0.39, 0.29) is 0 Å². The average Bonchev–Trinajstić information content (AvgIpc) is 2.46. The molecule has 0 spiro atoms. The van der Waals surface area contributed by atoms with Crippen LogP contribution in [0.5, 0.6) is 0 Å². The minimum absolute atomic E-state index is 0.330. The van der Waals surface area contributed by atoms with Crippen molar-refractivity contribution in [2.45, 2.75) is 25.9 Å². The van der Waals surface area contributed by atoms with Gasteiger partial charge in [0.15, 0.2) is 5.69 Å². The maximum Gasteiger partial charge on any atom is 0.269 e. The van der Waals surface area contributed by atoms with Crippen LogP contribution in [0.4, 0.5) is 5.82 Å². The summed E-state index contributed by atoms with van der Waals surface area (Å²) in [5, 5.41) is 7.29. The van der Waals surface area contributed by atoms with Crippen molar-refractivity contribution in [1.29, 1.82) is 0 Å². The van der Waals surface area contributed by atoms with Gasteiger partial charge in [-0.3, -0.25) is 4.79 Å². The molecule has 13 heavy (non-hydrogen) atoms. The summed E-state index contributed by atoms with van der Waals surface area (Å²) in [5.41, 5.74) is 5.45. The number of nitrogens with two attached hydrogens (primary N) is 1. The summed E-state index contributed by atoms with van der Waals surface area (Å²) < 4.78 is 1.78. The fourth-order valence-electron chi connectivity index (χ4n) is 1.46. The van der Waals surface area contributed by atoms with Crippen LogP contribution in [0, 0.1) is 0 Å². The molecule has 1 atom stereocenters. The minimum atomic E-state index is -0.476. The molecular formula is C8H12N4O. The van der Waals surface area contributed by atoms with Gasteiger partial charge >= 0.3 is 0 Å². The summed E-state index contributed by atoms with van der Waals surface area (Å²) in [4.78, 5) is 10.8. The van der Waals surface area contributed by atoms with E-state index in [1.54, 1.807) is 10.7 Å². The van der Waals surface area contributed by atoms with Crippen LogP contribution in [0.25, 0.3) is 0 Å². The van der Waals surface area contributed by atoms with Crippen LogP contribution in [0.3, 0.4) is 0 Å². The molecule has 1 amide bonds. The molecule has 0 saturated carbocycles. The standard InChI is InChI=1S/C8H12N4O/c1-5-2-3-12-7(10-5)4-6(11-12)8(9)13/h4-5,10H,2-3H2,1H3,(H2,9,13). The van der Waals surface area contributed by atoms with Gasteiger partial charge in [0.05, 0.1) is 0 Å². The molecule has 0 aliphatic carbocycles. The van der Waals surface area contributed by atoms with Crippen molar-refractivity contribution in [2.24, 2.45) is 5.73 Å². The fourth-order valence-corrected chi connectivity index (χ4v) is 1.46. The fraction of sp³-hybridized carbons (Fsp3) is 0.500. The van der Waals surface area contributed by atoms with E-state index in [9.17, 15) is 4.79 Å². The molecule has 0 fully saturated rings. The molecule has 70 valence electrons. The van der Waals surface area contributed by atoms with E-state index >= 15 is 0 Å². The van der Waals surface area contributed by atoms with Crippen molar-refractivity contribution in [3.63, 3.8) is 0 Å². The number of anilines is 1. The second-order valence-electron chi connectivity index (χ2n) is 3.34. The number of aryl methyl sites for hydroxylation is 1. The van der Waals surface area contributed by atoms with Crippen LogP contribution in [0.1, 0.15) is 23.8 Å². The third-order valence-electron chi connectivity index (χ3n) is 2.20. The lowest BCUT2D eigenvalue weighted by molar-refractivity contribution is 0.0994. The Morgan fingerprint density at radius 1 is 1.85 bits per heavy atom. The number of carbonyl (C=O) groups excluding carboxylic acids is 1. The van der Waals surface area contributed by atoms with Gasteiger partial charge in [0.25, 0.3) is 5.91 Å². The summed E-state index contributed by atoms with van der Waals surface area (Å²) in [5.74, 6) is 0.406. The Morgan fingerprint density at radius 3 is 3.31 bits per heavy atom. The Labute approximate surface area is 75.9 Å². The molecule has 0 aromatic carbocycles. The number of primary amides is 1. The third kappa shape index (κ3) is 1.37. The van der Waals surface area contributed by atoms with E-state index in [0.717, 1.165) is 18.8 Å². The van der Waals surface area contributed by atoms with Crippen LogP contribution in [-0.4, -0.2) is 21.7 Å². The van der Waals surface area contributed by atoms with Gasteiger partial charge in [-0.05, 0) is 13.3 Å². The topological polar surface area (TPSA) is 72.9 Å². The summed E-state index contributed by atoms with van der Waals surface area (Å²) in [6, 6.07) is 2.13. The predicted molar refractivity (Wildman–Crippen MR) is 48.4 cm³/mol. The SMILES string of the molecule is CC1CCn2nc(C(N)=O)cc2N1. The molecule has 0 saturated heterocycles. The Balaban J connectivity index is 2.33. The van der Waals surface area contributed by atoms with E-state index < -0.39 is 5.91 Å². The molecule has 1 aliphatic heterocycles. The third-order valence-corrected chi connectivity index (χ3v) is 2.20. The number of fused-ring (bicyclic) bond motifs is 1. The maximum atomic E-state index is 10.8. The number of rotatable bonds is 1. The molecule has 1 aliphatic rings. The molecule has 0 bridgehead atoms. The molecule has 5 nitrogen and oxygen atoms in total. The molecule has 1 unspecified atom stereocenters. The highest BCUT2D eigenvalue weighted by molar-refractivity contribution is 5.91. The number of aromatic nitrogens is 2. The first-order chi connectivity index (χ1) is 6.16. The minimum Gasteiger partial charge on any atom is -0.368 e. The van der Waals surface area contributed by atoms with E-state index in [2.05, 4.69) is 17.3 Å². The lowest BCUT2D eigenvalue weighted by atomic mass is 10.2. The molecule has 3 N–H and O–H groups in total. The van der Waals surface area contributed by atoms with Crippen LogP contribution in [0.2, 0.25) is 0 Å². The van der Waals surface area contributed by atoms with Crippen molar-refractivity contribution >= 4 is 11.7 Å². The van der Waals surface area contributed by atoms with Gasteiger partial charge in [-0.1, -0.05) is 0 Å². The first kappa shape index (κ1) is 8.10. The second kappa shape index (κ2) is 2.76. The number of nitrogens with zero attached hydrogens (tertiary/aromatic N) is 2. The van der Waals surface area contributed by atoms with E-state index in [1.165, 1.54) is 0 Å². The van der Waals surface area contributed by atoms with Crippen LogP contribution in [-0.2, 0) is 6.54 Å². The first-order valence-electron chi connectivity index (χ1n) is 4.31. The largest absolute Gasteiger partial charge is 0.368 e. The number of hydrogen-bond donors (Lipinski definition) is 2. The molecule has 0 radical (unpaired) electrons. The quantitative estimate of drug-likeness (QED) is 0.647.